The first-order valence-corrected chi connectivity index (χ1v) is 23.5. The first-order valence-electron chi connectivity index (χ1n) is 17.7. The fraction of sp³-hybridized carbons (Fsp3) is 0.889. The van der Waals surface area contributed by atoms with Crippen molar-refractivity contribution in [3.05, 3.63) is 12.2 Å². The summed E-state index contributed by atoms with van der Waals surface area (Å²) in [5.41, 5.74) is 1.03. The predicted octanol–water partition coefficient (Wildman–Crippen LogP) is 8.00. The van der Waals surface area contributed by atoms with Gasteiger partial charge in [-0.2, -0.15) is 0 Å². The van der Waals surface area contributed by atoms with Crippen LogP contribution in [0, 0.1) is 11.8 Å². The molecule has 3 heterocycles. The maximum atomic E-state index is 12.4. The molecule has 0 aromatic heterocycles. The number of ether oxygens (including phenoxy) is 4. The van der Waals surface area contributed by atoms with Gasteiger partial charge in [-0.1, -0.05) is 62.0 Å². The van der Waals surface area contributed by atoms with Crippen LogP contribution in [0.4, 0.5) is 0 Å². The number of fused-ring (bicyclic) bond motifs is 1. The van der Waals surface area contributed by atoms with Gasteiger partial charge >= 0.3 is 5.97 Å². The van der Waals surface area contributed by atoms with Gasteiger partial charge in [0, 0.05) is 38.7 Å². The lowest BCUT2D eigenvalue weighted by molar-refractivity contribution is -0.271. The van der Waals surface area contributed by atoms with E-state index in [0.717, 1.165) is 24.7 Å². The highest BCUT2D eigenvalue weighted by atomic mass is 28.4. The van der Waals surface area contributed by atoms with Crippen molar-refractivity contribution in [1.29, 1.82) is 0 Å². The summed E-state index contributed by atoms with van der Waals surface area (Å²) in [6.07, 6.45) is 3.10. The third-order valence-corrected chi connectivity index (χ3v) is 20.7. The maximum Gasteiger partial charge on any atom is 0.303 e. The fourth-order valence-electron chi connectivity index (χ4n) is 6.56. The molecule has 3 saturated heterocycles. The second-order valence-electron chi connectivity index (χ2n) is 17.3. The molecule has 0 radical (unpaired) electrons. The zero-order valence-corrected chi connectivity index (χ0v) is 33.3. The summed E-state index contributed by atoms with van der Waals surface area (Å²) >= 11 is 0. The van der Waals surface area contributed by atoms with Crippen molar-refractivity contribution >= 4 is 28.9 Å². The van der Waals surface area contributed by atoms with E-state index in [0.29, 0.717) is 32.3 Å². The van der Waals surface area contributed by atoms with Crippen LogP contribution in [-0.2, 0) is 37.4 Å². The molecule has 10 atom stereocenters. The Morgan fingerprint density at radius 1 is 0.935 bits per heavy atom. The first kappa shape index (κ1) is 39.6. The molecule has 0 aliphatic carbocycles. The largest absolute Gasteiger partial charge is 0.459 e. The second-order valence-corrected chi connectivity index (χ2v) is 26.8. The lowest BCUT2D eigenvalue weighted by Gasteiger charge is -2.53. The molecule has 0 N–H and O–H groups in total. The Bertz CT molecular complexity index is 1050. The summed E-state index contributed by atoms with van der Waals surface area (Å²) in [5, 5.41) is 0.172. The van der Waals surface area contributed by atoms with Crippen LogP contribution in [0.3, 0.4) is 0 Å². The van der Waals surface area contributed by atoms with Crippen LogP contribution in [-0.4, -0.2) is 84.3 Å². The fourth-order valence-corrected chi connectivity index (χ4v) is 8.98. The predicted molar refractivity (Wildman–Crippen MR) is 188 cm³/mol. The van der Waals surface area contributed by atoms with Crippen molar-refractivity contribution in [2.45, 2.75) is 186 Å². The zero-order chi connectivity index (χ0) is 34.8. The smallest absolute Gasteiger partial charge is 0.303 e. The van der Waals surface area contributed by atoms with E-state index >= 15 is 0 Å². The maximum absolute atomic E-state index is 12.4. The minimum atomic E-state index is -2.13. The van der Waals surface area contributed by atoms with E-state index < -0.39 is 22.7 Å². The van der Waals surface area contributed by atoms with Crippen LogP contribution < -0.4 is 0 Å². The number of carbonyl (C=O) groups is 2. The van der Waals surface area contributed by atoms with Crippen LogP contribution in [0.5, 0.6) is 0 Å². The van der Waals surface area contributed by atoms with E-state index in [4.69, 9.17) is 27.8 Å². The van der Waals surface area contributed by atoms with Gasteiger partial charge in [0.1, 0.15) is 12.4 Å². The van der Waals surface area contributed by atoms with Gasteiger partial charge in [-0.15, -0.1) is 0 Å². The van der Waals surface area contributed by atoms with Crippen LogP contribution in [0.15, 0.2) is 12.2 Å². The molecule has 46 heavy (non-hydrogen) atoms. The number of esters is 1. The molecule has 8 nitrogen and oxygen atoms in total. The Hall–Kier alpha value is -0.886. The zero-order valence-electron chi connectivity index (χ0n) is 31.3. The molecular weight excluding hydrogens is 617 g/mol. The summed E-state index contributed by atoms with van der Waals surface area (Å²) in [6.45, 7) is 33.5. The molecule has 0 saturated carbocycles. The summed E-state index contributed by atoms with van der Waals surface area (Å²) in [7, 11) is -4.06. The molecule has 3 rings (SSSR count). The number of carbonyl (C=O) groups excluding carboxylic acids is 2. The van der Waals surface area contributed by atoms with Gasteiger partial charge in [-0.25, -0.2) is 0 Å². The molecule has 266 valence electrons. The highest BCUT2D eigenvalue weighted by Crippen LogP contribution is 2.45. The molecule has 0 aromatic carbocycles. The van der Waals surface area contributed by atoms with E-state index in [9.17, 15) is 9.59 Å². The van der Waals surface area contributed by atoms with Gasteiger partial charge in [0.05, 0.1) is 42.7 Å². The minimum absolute atomic E-state index is 0.00804. The molecule has 3 fully saturated rings. The van der Waals surface area contributed by atoms with E-state index in [1.807, 2.05) is 0 Å². The molecule has 0 bridgehead atoms. The summed E-state index contributed by atoms with van der Waals surface area (Å²) in [6, 6.07) is 0. The van der Waals surface area contributed by atoms with E-state index in [1.54, 1.807) is 0 Å². The highest BCUT2D eigenvalue weighted by Gasteiger charge is 2.53. The number of aldehydes is 1. The van der Waals surface area contributed by atoms with E-state index in [-0.39, 0.29) is 70.6 Å². The molecule has 5 unspecified atom stereocenters. The van der Waals surface area contributed by atoms with Crippen molar-refractivity contribution in [3.8, 4) is 0 Å². The van der Waals surface area contributed by atoms with Crippen LogP contribution in [0.2, 0.25) is 36.3 Å². The average Bonchev–Trinajstić information content (AvgIpc) is 2.91. The standard InChI is InChI=1S/C36H66O8Si2/c1-23-20-27(16-15-18-37)41-29(24(23)2)21-31-33(40-26(4)38)25(3)34-32(42-31)22-30(44-46(13,14)36(8,9)10)28(43-34)17-19-39-45(11,12)35(5,6)7/h18,23,25,27-34H,2,15-17,19-22H2,1,3-14H3/t23-,25-,27?,28?,29?,30?,31?,32+,33-,34+/m1/s1. The lowest BCUT2D eigenvalue weighted by Crippen LogP contribution is -2.63. The highest BCUT2D eigenvalue weighted by molar-refractivity contribution is 6.74. The van der Waals surface area contributed by atoms with Gasteiger partial charge in [-0.05, 0) is 67.0 Å². The monoisotopic (exact) mass is 682 g/mol. The molecular formula is C36H66O8Si2. The molecule has 10 heteroatoms. The Kier molecular flexibility index (Phi) is 13.2. The van der Waals surface area contributed by atoms with Crippen molar-refractivity contribution in [1.82, 2.24) is 0 Å². The Morgan fingerprint density at radius 2 is 1.57 bits per heavy atom. The van der Waals surface area contributed by atoms with Gasteiger partial charge in [0.2, 0.25) is 0 Å². The Labute approximate surface area is 282 Å². The van der Waals surface area contributed by atoms with E-state index in [1.165, 1.54) is 6.92 Å². The Balaban J connectivity index is 1.86. The summed E-state index contributed by atoms with van der Waals surface area (Å²) in [5.74, 6) is -0.157. The summed E-state index contributed by atoms with van der Waals surface area (Å²) in [4.78, 5) is 23.5. The molecule has 3 aliphatic rings. The minimum Gasteiger partial charge on any atom is -0.459 e. The van der Waals surface area contributed by atoms with Crippen molar-refractivity contribution in [2.24, 2.45) is 11.8 Å². The Morgan fingerprint density at radius 3 is 2.13 bits per heavy atom. The van der Waals surface area contributed by atoms with Crippen molar-refractivity contribution < 1.29 is 37.4 Å². The average molecular weight is 683 g/mol. The third kappa shape index (κ3) is 9.63. The van der Waals surface area contributed by atoms with Gasteiger partial charge in [-0.3, -0.25) is 4.79 Å². The molecule has 0 aromatic rings. The first-order chi connectivity index (χ1) is 21.1. The SMILES string of the molecule is C=C1C(CC2O[C@H]3CC(O[Si](C)(C)C(C)(C)C)C(CCO[Si](C)(C)C(C)(C)C)O[C@H]3[C@H](C)[C@H]2OC(C)=O)OC(CCC=O)C[C@H]1C. The quantitative estimate of drug-likeness (QED) is 0.0886. The number of rotatable bonds is 12. The lowest BCUT2D eigenvalue weighted by atomic mass is 9.79. The van der Waals surface area contributed by atoms with Crippen LogP contribution >= 0.6 is 0 Å². The van der Waals surface area contributed by atoms with Crippen LogP contribution in [0.1, 0.15) is 101 Å². The number of hydrogen-bond acceptors (Lipinski definition) is 8. The number of hydrogen-bond donors (Lipinski definition) is 0. The van der Waals surface area contributed by atoms with Gasteiger partial charge in [0.25, 0.3) is 0 Å². The van der Waals surface area contributed by atoms with Crippen molar-refractivity contribution in [3.63, 3.8) is 0 Å². The van der Waals surface area contributed by atoms with E-state index in [2.05, 4.69) is 88.2 Å². The molecule has 0 spiro atoms. The van der Waals surface area contributed by atoms with Gasteiger partial charge in [0.15, 0.2) is 16.6 Å². The second kappa shape index (κ2) is 15.3. The van der Waals surface area contributed by atoms with Crippen LogP contribution in [0.25, 0.3) is 0 Å². The molecule has 3 aliphatic heterocycles. The summed E-state index contributed by atoms with van der Waals surface area (Å²) < 4.78 is 40.0. The van der Waals surface area contributed by atoms with Crippen molar-refractivity contribution in [2.75, 3.05) is 6.61 Å². The third-order valence-electron chi connectivity index (χ3n) is 11.6. The topological polar surface area (TPSA) is 89.5 Å². The molecule has 0 amide bonds. The van der Waals surface area contributed by atoms with Gasteiger partial charge < -0.3 is 32.6 Å². The normalized spacial score (nSPS) is 34.6.